The Kier molecular flexibility index (Phi) is 3.65. The van der Waals surface area contributed by atoms with E-state index in [2.05, 4.69) is 45.8 Å². The molecule has 7 heteroatoms. The maximum atomic E-state index is 4.71. The predicted octanol–water partition coefficient (Wildman–Crippen LogP) is 2.05. The fourth-order valence-electron chi connectivity index (χ4n) is 3.33. The van der Waals surface area contributed by atoms with Crippen LogP contribution in [0.15, 0.2) is 30.3 Å². The minimum atomic E-state index is 0.117. The molecule has 24 heavy (non-hydrogen) atoms. The van der Waals surface area contributed by atoms with Gasteiger partial charge < -0.3 is 4.57 Å². The third-order valence-electron chi connectivity index (χ3n) is 4.91. The van der Waals surface area contributed by atoms with E-state index >= 15 is 0 Å². The van der Waals surface area contributed by atoms with Gasteiger partial charge in [-0.2, -0.15) is 4.68 Å². The number of imidazole rings is 1. The van der Waals surface area contributed by atoms with E-state index in [0.717, 1.165) is 42.7 Å². The lowest BCUT2D eigenvalue weighted by molar-refractivity contribution is 0.155. The lowest BCUT2D eigenvalue weighted by atomic mass is 10.2. The van der Waals surface area contributed by atoms with E-state index in [1.807, 2.05) is 35.0 Å². The Labute approximate surface area is 140 Å². The van der Waals surface area contributed by atoms with Gasteiger partial charge in [0, 0.05) is 18.8 Å². The van der Waals surface area contributed by atoms with Gasteiger partial charge in [-0.15, -0.1) is 5.10 Å². The topological polar surface area (TPSA) is 64.7 Å². The number of rotatable bonds is 3. The van der Waals surface area contributed by atoms with Gasteiger partial charge in [0.2, 0.25) is 0 Å². The van der Waals surface area contributed by atoms with Crippen molar-refractivity contribution in [2.75, 3.05) is 6.54 Å². The largest absolute Gasteiger partial charge is 0.330 e. The Hall–Kier alpha value is -2.54. The van der Waals surface area contributed by atoms with E-state index in [9.17, 15) is 0 Å². The monoisotopic (exact) mass is 323 g/mol. The van der Waals surface area contributed by atoms with Gasteiger partial charge in [-0.3, -0.25) is 4.90 Å². The molecule has 2 aromatic heterocycles. The molecule has 0 saturated heterocycles. The highest BCUT2D eigenvalue weighted by Gasteiger charge is 2.27. The van der Waals surface area contributed by atoms with Crippen LogP contribution in [-0.2, 0) is 13.1 Å². The van der Waals surface area contributed by atoms with Crippen LogP contribution in [-0.4, -0.2) is 41.2 Å². The molecular formula is C17H21N7. The molecule has 4 rings (SSSR count). The molecule has 0 radical (unpaired) electrons. The van der Waals surface area contributed by atoms with E-state index in [1.54, 1.807) is 0 Å². The van der Waals surface area contributed by atoms with Gasteiger partial charge in [-0.05, 0) is 43.3 Å². The third kappa shape index (κ3) is 2.41. The first-order valence-corrected chi connectivity index (χ1v) is 8.25. The summed E-state index contributed by atoms with van der Waals surface area (Å²) in [6.45, 7) is 9.11. The van der Waals surface area contributed by atoms with Crippen molar-refractivity contribution >= 4 is 0 Å². The van der Waals surface area contributed by atoms with Gasteiger partial charge in [0.1, 0.15) is 5.82 Å². The lowest BCUT2D eigenvalue weighted by Crippen LogP contribution is -2.37. The van der Waals surface area contributed by atoms with Gasteiger partial charge in [-0.1, -0.05) is 18.2 Å². The third-order valence-corrected chi connectivity index (χ3v) is 4.91. The molecule has 1 aromatic carbocycles. The number of aromatic nitrogens is 6. The summed E-state index contributed by atoms with van der Waals surface area (Å²) >= 11 is 0. The Morgan fingerprint density at radius 2 is 1.88 bits per heavy atom. The van der Waals surface area contributed by atoms with Crippen LogP contribution < -0.4 is 0 Å². The molecule has 0 fully saturated rings. The van der Waals surface area contributed by atoms with Crippen molar-refractivity contribution in [1.82, 2.24) is 34.7 Å². The molecule has 3 aromatic rings. The standard InChI is InChI=1S/C17H21N7/c1-12-13(2)23-10-9-22(11-16(23)18-12)14(3)17-19-20-21-24(17)15-7-5-4-6-8-15/h4-8,14H,9-11H2,1-3H3. The normalized spacial score (nSPS) is 16.1. The molecule has 0 spiro atoms. The van der Waals surface area contributed by atoms with Crippen molar-refractivity contribution < 1.29 is 0 Å². The van der Waals surface area contributed by atoms with Crippen LogP contribution in [0.1, 0.15) is 36.0 Å². The van der Waals surface area contributed by atoms with Gasteiger partial charge in [0.15, 0.2) is 5.82 Å². The fraction of sp³-hybridized carbons (Fsp3) is 0.412. The van der Waals surface area contributed by atoms with Gasteiger partial charge in [0.25, 0.3) is 0 Å². The average molecular weight is 323 g/mol. The molecule has 1 aliphatic rings. The highest BCUT2D eigenvalue weighted by atomic mass is 15.6. The summed E-state index contributed by atoms with van der Waals surface area (Å²) < 4.78 is 4.14. The molecule has 1 atom stereocenters. The summed E-state index contributed by atoms with van der Waals surface area (Å²) in [5, 5.41) is 12.3. The summed E-state index contributed by atoms with van der Waals surface area (Å²) in [5.41, 5.74) is 3.37. The molecule has 0 amide bonds. The number of benzene rings is 1. The second-order valence-corrected chi connectivity index (χ2v) is 6.28. The van der Waals surface area contributed by atoms with Crippen LogP contribution in [0.2, 0.25) is 0 Å². The molecule has 0 N–H and O–H groups in total. The summed E-state index contributed by atoms with van der Waals surface area (Å²) in [6, 6.07) is 10.1. The molecule has 124 valence electrons. The predicted molar refractivity (Wildman–Crippen MR) is 89.7 cm³/mol. The van der Waals surface area contributed by atoms with E-state index in [4.69, 9.17) is 4.98 Å². The van der Waals surface area contributed by atoms with Crippen LogP contribution in [0.25, 0.3) is 5.69 Å². The maximum absolute atomic E-state index is 4.71. The maximum Gasteiger partial charge on any atom is 0.173 e. The number of tetrazole rings is 1. The minimum Gasteiger partial charge on any atom is -0.330 e. The molecule has 3 heterocycles. The number of fused-ring (bicyclic) bond motifs is 1. The first-order valence-electron chi connectivity index (χ1n) is 8.25. The van der Waals surface area contributed by atoms with E-state index in [0.29, 0.717) is 0 Å². The number of aryl methyl sites for hydroxylation is 1. The van der Waals surface area contributed by atoms with Gasteiger partial charge in [0.05, 0.1) is 24.0 Å². The van der Waals surface area contributed by atoms with Crippen molar-refractivity contribution in [2.45, 2.75) is 39.9 Å². The SMILES string of the molecule is Cc1nc2n(c1C)CCN(C(C)c1nnnn1-c1ccccc1)C2. The van der Waals surface area contributed by atoms with Crippen molar-refractivity contribution in [1.29, 1.82) is 0 Å². The number of hydrogen-bond donors (Lipinski definition) is 0. The zero-order valence-corrected chi connectivity index (χ0v) is 14.2. The molecule has 0 aliphatic carbocycles. The number of hydrogen-bond acceptors (Lipinski definition) is 5. The molecule has 1 aliphatic heterocycles. The summed E-state index contributed by atoms with van der Waals surface area (Å²) in [4.78, 5) is 7.09. The highest BCUT2D eigenvalue weighted by molar-refractivity contribution is 5.31. The molecule has 7 nitrogen and oxygen atoms in total. The Bertz CT molecular complexity index is 849. The van der Waals surface area contributed by atoms with Crippen molar-refractivity contribution in [2.24, 2.45) is 0 Å². The molecule has 0 bridgehead atoms. The van der Waals surface area contributed by atoms with Crippen LogP contribution >= 0.6 is 0 Å². The van der Waals surface area contributed by atoms with Crippen LogP contribution in [0, 0.1) is 13.8 Å². The van der Waals surface area contributed by atoms with Gasteiger partial charge in [-0.25, -0.2) is 4.98 Å². The van der Waals surface area contributed by atoms with Crippen LogP contribution in [0.4, 0.5) is 0 Å². The zero-order valence-electron chi connectivity index (χ0n) is 14.2. The number of nitrogens with zero attached hydrogens (tertiary/aromatic N) is 7. The van der Waals surface area contributed by atoms with E-state index in [-0.39, 0.29) is 6.04 Å². The Balaban J connectivity index is 1.62. The minimum absolute atomic E-state index is 0.117. The first-order chi connectivity index (χ1) is 11.6. The Morgan fingerprint density at radius 1 is 1.08 bits per heavy atom. The average Bonchev–Trinajstić information content (AvgIpc) is 3.20. The second-order valence-electron chi connectivity index (χ2n) is 6.28. The van der Waals surface area contributed by atoms with E-state index in [1.165, 1.54) is 5.69 Å². The summed E-state index contributed by atoms with van der Waals surface area (Å²) in [7, 11) is 0. The summed E-state index contributed by atoms with van der Waals surface area (Å²) in [5.74, 6) is 1.98. The van der Waals surface area contributed by atoms with E-state index < -0.39 is 0 Å². The molecule has 0 saturated carbocycles. The fourth-order valence-corrected chi connectivity index (χ4v) is 3.33. The second kappa shape index (κ2) is 5.83. The van der Waals surface area contributed by atoms with Crippen molar-refractivity contribution in [3.63, 3.8) is 0 Å². The van der Waals surface area contributed by atoms with Crippen molar-refractivity contribution in [3.8, 4) is 5.69 Å². The molecule has 1 unspecified atom stereocenters. The van der Waals surface area contributed by atoms with Crippen LogP contribution in [0.5, 0.6) is 0 Å². The number of para-hydroxylation sites is 1. The van der Waals surface area contributed by atoms with Gasteiger partial charge >= 0.3 is 0 Å². The van der Waals surface area contributed by atoms with Crippen molar-refractivity contribution in [3.05, 3.63) is 53.4 Å². The molecular weight excluding hydrogens is 302 g/mol. The quantitative estimate of drug-likeness (QED) is 0.738. The van der Waals surface area contributed by atoms with Crippen LogP contribution in [0.3, 0.4) is 0 Å². The highest BCUT2D eigenvalue weighted by Crippen LogP contribution is 2.25. The lowest BCUT2D eigenvalue weighted by Gasteiger charge is -2.32. The Morgan fingerprint density at radius 3 is 2.67 bits per heavy atom. The first kappa shape index (κ1) is 15.0. The summed E-state index contributed by atoms with van der Waals surface area (Å²) in [6.07, 6.45) is 0. The smallest absolute Gasteiger partial charge is 0.173 e. The zero-order chi connectivity index (χ0) is 16.7.